The van der Waals surface area contributed by atoms with Gasteiger partial charge in [-0.1, -0.05) is 0 Å². The molecule has 0 aliphatic rings. The lowest BCUT2D eigenvalue weighted by Gasteiger charge is -2.13. The van der Waals surface area contributed by atoms with Crippen molar-refractivity contribution in [1.29, 1.82) is 0 Å². The predicted molar refractivity (Wildman–Crippen MR) is 58.5 cm³/mol. The fourth-order valence-corrected chi connectivity index (χ4v) is 1.48. The van der Waals surface area contributed by atoms with Crippen LogP contribution in [0.2, 0.25) is 0 Å². The Kier molecular flexibility index (Phi) is 2.45. The molecule has 0 radical (unpaired) electrons. The molecule has 0 fully saturated rings. The smallest absolute Gasteiger partial charge is 0.124 e. The summed E-state index contributed by atoms with van der Waals surface area (Å²) < 4.78 is 3.61. The summed E-state index contributed by atoms with van der Waals surface area (Å²) in [5.41, 5.74) is 1.17. The third kappa shape index (κ3) is 2.01. The minimum Gasteiger partial charge on any atom is -0.364 e. The van der Waals surface area contributed by atoms with E-state index in [0.29, 0.717) is 0 Å². The minimum atomic E-state index is 0.231. The van der Waals surface area contributed by atoms with E-state index < -0.39 is 0 Å². The van der Waals surface area contributed by atoms with Gasteiger partial charge >= 0.3 is 0 Å². The minimum absolute atomic E-state index is 0.231. The van der Waals surface area contributed by atoms with Gasteiger partial charge in [-0.05, 0) is 6.92 Å². The van der Waals surface area contributed by atoms with E-state index >= 15 is 0 Å². The summed E-state index contributed by atoms with van der Waals surface area (Å²) in [6, 6.07) is 2.18. The maximum atomic E-state index is 4.14. The first-order valence-electron chi connectivity index (χ1n) is 4.90. The molecule has 1 atom stereocenters. The summed E-state index contributed by atoms with van der Waals surface area (Å²) in [5.74, 6) is 1.01. The van der Waals surface area contributed by atoms with E-state index in [1.165, 1.54) is 5.56 Å². The highest BCUT2D eigenvalue weighted by Crippen LogP contribution is 2.17. The highest BCUT2D eigenvalue weighted by Gasteiger charge is 2.08. The van der Waals surface area contributed by atoms with Crippen LogP contribution in [-0.2, 0) is 14.1 Å². The fourth-order valence-electron chi connectivity index (χ4n) is 1.48. The van der Waals surface area contributed by atoms with Gasteiger partial charge in [-0.15, -0.1) is 0 Å². The summed E-state index contributed by atoms with van der Waals surface area (Å²) in [6.07, 6.45) is 5.65. The molecule has 5 heteroatoms. The fraction of sp³-hybridized carbons (Fsp3) is 0.400. The second-order valence-corrected chi connectivity index (χ2v) is 3.65. The van der Waals surface area contributed by atoms with Crippen molar-refractivity contribution in [3.63, 3.8) is 0 Å². The number of rotatable bonds is 3. The van der Waals surface area contributed by atoms with Crippen LogP contribution in [-0.4, -0.2) is 19.6 Å². The zero-order valence-corrected chi connectivity index (χ0v) is 9.18. The topological polar surface area (TPSA) is 47.7 Å². The number of nitrogens with zero attached hydrogens (tertiary/aromatic N) is 4. The first kappa shape index (κ1) is 9.76. The molecule has 80 valence electrons. The maximum Gasteiger partial charge on any atom is 0.124 e. The van der Waals surface area contributed by atoms with E-state index in [-0.39, 0.29) is 6.04 Å². The average molecular weight is 205 g/mol. The zero-order chi connectivity index (χ0) is 10.8. The van der Waals surface area contributed by atoms with Gasteiger partial charge < -0.3 is 5.32 Å². The first-order chi connectivity index (χ1) is 7.16. The van der Waals surface area contributed by atoms with Crippen LogP contribution < -0.4 is 5.32 Å². The molecule has 0 aromatic carbocycles. The lowest BCUT2D eigenvalue weighted by atomic mass is 10.2. The Hall–Kier alpha value is -1.78. The number of nitrogens with one attached hydrogen (secondary N) is 1. The Morgan fingerprint density at radius 2 is 2.13 bits per heavy atom. The molecule has 0 aliphatic carbocycles. The second-order valence-electron chi connectivity index (χ2n) is 3.65. The van der Waals surface area contributed by atoms with Crippen LogP contribution >= 0.6 is 0 Å². The molecule has 0 aliphatic heterocycles. The van der Waals surface area contributed by atoms with E-state index in [2.05, 4.69) is 22.4 Å². The number of aryl methyl sites for hydroxylation is 2. The van der Waals surface area contributed by atoms with Gasteiger partial charge in [0.15, 0.2) is 0 Å². The van der Waals surface area contributed by atoms with E-state index in [4.69, 9.17) is 0 Å². The molecule has 0 saturated heterocycles. The number of hydrogen-bond donors (Lipinski definition) is 1. The zero-order valence-electron chi connectivity index (χ0n) is 9.18. The maximum absolute atomic E-state index is 4.14. The molecule has 2 aromatic rings. The number of aromatic nitrogens is 4. The van der Waals surface area contributed by atoms with Crippen LogP contribution in [0.5, 0.6) is 0 Å². The normalized spacial score (nSPS) is 12.7. The second kappa shape index (κ2) is 3.76. The van der Waals surface area contributed by atoms with Crippen molar-refractivity contribution in [1.82, 2.24) is 19.6 Å². The van der Waals surface area contributed by atoms with Gasteiger partial charge in [0.1, 0.15) is 5.82 Å². The molecule has 0 saturated carbocycles. The monoisotopic (exact) mass is 205 g/mol. The van der Waals surface area contributed by atoms with Crippen LogP contribution in [0.4, 0.5) is 5.82 Å². The summed E-state index contributed by atoms with van der Waals surface area (Å²) in [5, 5.41) is 11.6. The summed E-state index contributed by atoms with van der Waals surface area (Å²) in [6.45, 7) is 2.10. The molecule has 1 unspecified atom stereocenters. The van der Waals surface area contributed by atoms with E-state index in [0.717, 1.165) is 5.82 Å². The molecule has 15 heavy (non-hydrogen) atoms. The van der Waals surface area contributed by atoms with Gasteiger partial charge in [0.2, 0.25) is 0 Å². The lowest BCUT2D eigenvalue weighted by Crippen LogP contribution is -2.09. The molecule has 2 rings (SSSR count). The molecule has 2 aromatic heterocycles. The van der Waals surface area contributed by atoms with Crippen molar-refractivity contribution in [3.8, 4) is 0 Å². The van der Waals surface area contributed by atoms with Crippen LogP contribution in [0, 0.1) is 0 Å². The van der Waals surface area contributed by atoms with E-state index in [9.17, 15) is 0 Å². The molecule has 0 spiro atoms. The summed E-state index contributed by atoms with van der Waals surface area (Å²) in [4.78, 5) is 0. The van der Waals surface area contributed by atoms with Crippen LogP contribution in [0.25, 0.3) is 0 Å². The first-order valence-corrected chi connectivity index (χ1v) is 4.90. The number of anilines is 1. The van der Waals surface area contributed by atoms with Crippen LogP contribution in [0.1, 0.15) is 18.5 Å². The quantitative estimate of drug-likeness (QED) is 0.822. The standard InChI is InChI=1S/C10H15N5/c1-8(9-6-12-14(2)7-9)13-10-4-5-11-15(10)3/h4-8,13H,1-3H3. The highest BCUT2D eigenvalue weighted by molar-refractivity contribution is 5.36. The van der Waals surface area contributed by atoms with Crippen LogP contribution in [0.15, 0.2) is 24.7 Å². The van der Waals surface area contributed by atoms with E-state index in [1.54, 1.807) is 10.9 Å². The van der Waals surface area contributed by atoms with Gasteiger partial charge in [0.05, 0.1) is 18.4 Å². The summed E-state index contributed by atoms with van der Waals surface area (Å²) in [7, 11) is 3.83. The Morgan fingerprint density at radius 1 is 1.33 bits per heavy atom. The van der Waals surface area contributed by atoms with E-state index in [1.807, 2.05) is 37.2 Å². The van der Waals surface area contributed by atoms with Crippen molar-refractivity contribution in [2.45, 2.75) is 13.0 Å². The third-order valence-corrected chi connectivity index (χ3v) is 2.41. The molecule has 2 heterocycles. The molecular weight excluding hydrogens is 190 g/mol. The molecule has 1 N–H and O–H groups in total. The Bertz CT molecular complexity index is 442. The van der Waals surface area contributed by atoms with Gasteiger partial charge in [0, 0.05) is 31.9 Å². The van der Waals surface area contributed by atoms with Crippen molar-refractivity contribution in [2.24, 2.45) is 14.1 Å². The number of hydrogen-bond acceptors (Lipinski definition) is 3. The SMILES string of the molecule is CC(Nc1ccnn1C)c1cnn(C)c1. The molecule has 0 amide bonds. The molecule has 0 bridgehead atoms. The van der Waals surface area contributed by atoms with Crippen LogP contribution in [0.3, 0.4) is 0 Å². The average Bonchev–Trinajstić information content (AvgIpc) is 2.77. The third-order valence-electron chi connectivity index (χ3n) is 2.41. The van der Waals surface area contributed by atoms with Crippen molar-refractivity contribution < 1.29 is 0 Å². The van der Waals surface area contributed by atoms with Crippen molar-refractivity contribution >= 4 is 5.82 Å². The van der Waals surface area contributed by atoms with Gasteiger partial charge in [-0.2, -0.15) is 10.2 Å². The summed E-state index contributed by atoms with van der Waals surface area (Å²) >= 11 is 0. The molecule has 5 nitrogen and oxygen atoms in total. The highest BCUT2D eigenvalue weighted by atomic mass is 15.3. The van der Waals surface area contributed by atoms with Crippen molar-refractivity contribution in [3.05, 3.63) is 30.2 Å². The predicted octanol–water partition coefficient (Wildman–Crippen LogP) is 1.33. The van der Waals surface area contributed by atoms with Gasteiger partial charge in [0.25, 0.3) is 0 Å². The largest absolute Gasteiger partial charge is 0.364 e. The Morgan fingerprint density at radius 3 is 2.67 bits per heavy atom. The Labute approximate surface area is 88.7 Å². The Balaban J connectivity index is 2.10. The van der Waals surface area contributed by atoms with Gasteiger partial charge in [-0.3, -0.25) is 9.36 Å². The van der Waals surface area contributed by atoms with Crippen molar-refractivity contribution in [2.75, 3.05) is 5.32 Å². The van der Waals surface area contributed by atoms with Gasteiger partial charge in [-0.25, -0.2) is 0 Å². The lowest BCUT2D eigenvalue weighted by molar-refractivity contribution is 0.748. The molecular formula is C10H15N5.